The Morgan fingerprint density at radius 3 is 2.87 bits per heavy atom. The van der Waals surface area contributed by atoms with E-state index < -0.39 is 18.4 Å². The second-order valence-electron chi connectivity index (χ2n) is 7.67. The number of carbonyl (C=O) groups excluding carboxylic acids is 1. The fourth-order valence-electron chi connectivity index (χ4n) is 3.83. The van der Waals surface area contributed by atoms with Gasteiger partial charge >= 0.3 is 11.8 Å². The summed E-state index contributed by atoms with van der Waals surface area (Å²) in [6, 6.07) is 5.58. The van der Waals surface area contributed by atoms with Gasteiger partial charge in [0.15, 0.2) is 0 Å². The Balaban J connectivity index is 1.60. The van der Waals surface area contributed by atoms with E-state index in [4.69, 9.17) is 4.42 Å². The number of aromatic nitrogens is 6. The monoisotopic (exact) mass is 427 g/mol. The molecule has 0 saturated heterocycles. The molecule has 4 aromatic rings. The lowest BCUT2D eigenvalue weighted by Crippen LogP contribution is -2.41. The Labute approximate surface area is 175 Å². The van der Waals surface area contributed by atoms with Gasteiger partial charge in [-0.1, -0.05) is 19.9 Å². The summed E-state index contributed by atoms with van der Waals surface area (Å²) in [7, 11) is 0. The van der Waals surface area contributed by atoms with Crippen LogP contribution in [0.4, 0.5) is 8.78 Å². The molecule has 160 valence electrons. The van der Waals surface area contributed by atoms with Crippen LogP contribution in [0.25, 0.3) is 5.52 Å². The molecule has 0 bridgehead atoms. The van der Waals surface area contributed by atoms with Crippen molar-refractivity contribution in [2.24, 2.45) is 0 Å². The number of halogens is 2. The fourth-order valence-corrected chi connectivity index (χ4v) is 3.83. The van der Waals surface area contributed by atoms with Crippen LogP contribution in [0.2, 0.25) is 0 Å². The standard InChI is InChI=1S/C20H19F2N7O2/c1-10(2)18-25-26-19(31-18)20(30)28-7-6-12-15(24-9-23-12)16(28)13-8-11-4-3-5-14(17(21)22)29(11)27-13/h3-5,8-10,16-17H,6-7H2,1-2H3,(H,23,24). The second kappa shape index (κ2) is 7.25. The number of H-pyrrole nitrogens is 1. The normalized spacial score (nSPS) is 16.5. The van der Waals surface area contributed by atoms with E-state index >= 15 is 0 Å². The quantitative estimate of drug-likeness (QED) is 0.536. The van der Waals surface area contributed by atoms with Crippen molar-refractivity contribution in [2.45, 2.75) is 38.7 Å². The number of imidazole rings is 1. The number of alkyl halides is 2. The first-order valence-electron chi connectivity index (χ1n) is 9.87. The highest BCUT2D eigenvalue weighted by molar-refractivity contribution is 5.90. The van der Waals surface area contributed by atoms with Crippen molar-refractivity contribution in [3.8, 4) is 0 Å². The highest BCUT2D eigenvalue weighted by Crippen LogP contribution is 2.35. The van der Waals surface area contributed by atoms with Crippen molar-refractivity contribution in [1.82, 2.24) is 34.7 Å². The SMILES string of the molecule is CC(C)c1nnc(C(=O)N2CCc3[nH]cnc3C2c2cc3cccc(C(F)F)n3n2)o1. The molecule has 5 rings (SSSR count). The van der Waals surface area contributed by atoms with E-state index in [0.717, 1.165) is 5.69 Å². The van der Waals surface area contributed by atoms with Crippen LogP contribution in [0.15, 0.2) is 35.0 Å². The molecule has 0 fully saturated rings. The minimum atomic E-state index is -2.69. The summed E-state index contributed by atoms with van der Waals surface area (Å²) in [6.07, 6.45) is -0.581. The first-order chi connectivity index (χ1) is 14.9. The summed E-state index contributed by atoms with van der Waals surface area (Å²) < 4.78 is 33.7. The van der Waals surface area contributed by atoms with Crippen LogP contribution in [0, 0.1) is 0 Å². The van der Waals surface area contributed by atoms with E-state index in [9.17, 15) is 13.6 Å². The van der Waals surface area contributed by atoms with Gasteiger partial charge in [-0.3, -0.25) is 4.79 Å². The predicted molar refractivity (Wildman–Crippen MR) is 104 cm³/mol. The number of hydrogen-bond donors (Lipinski definition) is 1. The molecule has 0 spiro atoms. The highest BCUT2D eigenvalue weighted by Gasteiger charge is 2.38. The summed E-state index contributed by atoms with van der Waals surface area (Å²) in [4.78, 5) is 22.3. The Kier molecular flexibility index (Phi) is 4.53. The molecule has 1 N–H and O–H groups in total. The Morgan fingerprint density at radius 1 is 1.29 bits per heavy atom. The van der Waals surface area contributed by atoms with E-state index in [1.807, 2.05) is 13.8 Å². The number of nitrogens with zero attached hydrogens (tertiary/aromatic N) is 6. The molecule has 1 aliphatic rings. The number of carbonyl (C=O) groups is 1. The van der Waals surface area contributed by atoms with Crippen LogP contribution in [0.1, 0.15) is 71.6 Å². The molecule has 1 unspecified atom stereocenters. The van der Waals surface area contributed by atoms with Crippen LogP contribution < -0.4 is 0 Å². The topological polar surface area (TPSA) is 105 Å². The number of fused-ring (bicyclic) bond motifs is 2. The molecule has 0 aromatic carbocycles. The van der Waals surface area contributed by atoms with Gasteiger partial charge in [-0.2, -0.15) is 5.10 Å². The van der Waals surface area contributed by atoms with E-state index in [1.54, 1.807) is 29.4 Å². The van der Waals surface area contributed by atoms with Crippen LogP contribution in [0.3, 0.4) is 0 Å². The van der Waals surface area contributed by atoms with E-state index in [0.29, 0.717) is 35.8 Å². The zero-order valence-electron chi connectivity index (χ0n) is 16.8. The third-order valence-electron chi connectivity index (χ3n) is 5.34. The fraction of sp³-hybridized carbons (Fsp3) is 0.350. The maximum absolute atomic E-state index is 13.5. The van der Waals surface area contributed by atoms with Crippen molar-refractivity contribution in [3.05, 3.63) is 65.1 Å². The molecule has 0 radical (unpaired) electrons. The van der Waals surface area contributed by atoms with Gasteiger partial charge < -0.3 is 14.3 Å². The van der Waals surface area contributed by atoms with Crippen LogP contribution in [-0.4, -0.2) is 47.1 Å². The Bertz CT molecular complexity index is 1260. The molecule has 0 saturated carbocycles. The van der Waals surface area contributed by atoms with Gasteiger partial charge in [-0.25, -0.2) is 18.3 Å². The number of pyridine rings is 1. The number of amides is 1. The summed E-state index contributed by atoms with van der Waals surface area (Å²) in [5.41, 5.74) is 2.19. The summed E-state index contributed by atoms with van der Waals surface area (Å²) in [5, 5.41) is 12.3. The molecule has 1 aliphatic heterocycles. The van der Waals surface area contributed by atoms with Crippen LogP contribution in [-0.2, 0) is 6.42 Å². The molecule has 31 heavy (non-hydrogen) atoms. The lowest BCUT2D eigenvalue weighted by Gasteiger charge is -2.32. The molecular weight excluding hydrogens is 408 g/mol. The van der Waals surface area contributed by atoms with Gasteiger partial charge in [0.1, 0.15) is 11.7 Å². The largest absolute Gasteiger partial charge is 0.417 e. The molecule has 1 amide bonds. The van der Waals surface area contributed by atoms with Gasteiger partial charge in [-0.05, 0) is 18.2 Å². The minimum absolute atomic E-state index is 0.0182. The van der Waals surface area contributed by atoms with Crippen molar-refractivity contribution in [2.75, 3.05) is 6.54 Å². The Morgan fingerprint density at radius 2 is 2.13 bits per heavy atom. The van der Waals surface area contributed by atoms with Gasteiger partial charge in [0.2, 0.25) is 5.89 Å². The number of aromatic amines is 1. The average Bonchev–Trinajstić information content (AvgIpc) is 3.50. The first-order valence-corrected chi connectivity index (χ1v) is 9.87. The van der Waals surface area contributed by atoms with Gasteiger partial charge in [0, 0.05) is 24.6 Å². The maximum Gasteiger partial charge on any atom is 0.312 e. The summed E-state index contributed by atoms with van der Waals surface area (Å²) in [6.45, 7) is 4.13. The molecule has 0 aliphatic carbocycles. The lowest BCUT2D eigenvalue weighted by atomic mass is 9.99. The summed E-state index contributed by atoms with van der Waals surface area (Å²) in [5.74, 6) is -0.226. The maximum atomic E-state index is 13.5. The zero-order valence-corrected chi connectivity index (χ0v) is 16.8. The van der Waals surface area contributed by atoms with Crippen molar-refractivity contribution in [1.29, 1.82) is 0 Å². The van der Waals surface area contributed by atoms with Crippen LogP contribution >= 0.6 is 0 Å². The number of nitrogens with one attached hydrogen (secondary N) is 1. The Hall–Kier alpha value is -3.63. The third kappa shape index (κ3) is 3.16. The van der Waals surface area contributed by atoms with Gasteiger partial charge in [0.05, 0.1) is 23.2 Å². The molecule has 4 aromatic heterocycles. The molecule has 1 atom stereocenters. The van der Waals surface area contributed by atoms with Crippen LogP contribution in [0.5, 0.6) is 0 Å². The summed E-state index contributed by atoms with van der Waals surface area (Å²) >= 11 is 0. The van der Waals surface area contributed by atoms with Crippen molar-refractivity contribution >= 4 is 11.4 Å². The smallest absolute Gasteiger partial charge is 0.312 e. The highest BCUT2D eigenvalue weighted by atomic mass is 19.3. The molecule has 11 heteroatoms. The van der Waals surface area contributed by atoms with Crippen molar-refractivity contribution < 1.29 is 18.0 Å². The van der Waals surface area contributed by atoms with Gasteiger partial charge in [0.25, 0.3) is 6.43 Å². The van der Waals surface area contributed by atoms with Crippen molar-refractivity contribution in [3.63, 3.8) is 0 Å². The van der Waals surface area contributed by atoms with E-state index in [2.05, 4.69) is 25.3 Å². The first kappa shape index (κ1) is 19.3. The zero-order chi connectivity index (χ0) is 21.7. The molecule has 5 heterocycles. The number of hydrogen-bond acceptors (Lipinski definition) is 6. The van der Waals surface area contributed by atoms with E-state index in [-0.39, 0.29) is 17.5 Å². The number of rotatable bonds is 4. The van der Waals surface area contributed by atoms with Gasteiger partial charge in [-0.15, -0.1) is 10.2 Å². The molecular formula is C20H19F2N7O2. The minimum Gasteiger partial charge on any atom is -0.417 e. The third-order valence-corrected chi connectivity index (χ3v) is 5.34. The molecule has 9 nitrogen and oxygen atoms in total. The average molecular weight is 427 g/mol. The second-order valence-corrected chi connectivity index (χ2v) is 7.67. The predicted octanol–water partition coefficient (Wildman–Crippen LogP) is 3.29. The van der Waals surface area contributed by atoms with E-state index in [1.165, 1.54) is 10.6 Å². The lowest BCUT2D eigenvalue weighted by molar-refractivity contribution is 0.0643.